The lowest BCUT2D eigenvalue weighted by atomic mass is 9.91. The minimum Gasteiger partial charge on any atom is -0.465 e. The number of nitrogens with one attached hydrogen (secondary N) is 1. The van der Waals surface area contributed by atoms with Crippen LogP contribution in [0.1, 0.15) is 18.5 Å². The smallest absolute Gasteiger partial charge is 0.321 e. The van der Waals surface area contributed by atoms with Gasteiger partial charge in [-0.1, -0.05) is 35.9 Å². The van der Waals surface area contributed by atoms with Gasteiger partial charge in [-0.25, -0.2) is 9.38 Å². The van der Waals surface area contributed by atoms with Crippen LogP contribution < -0.4 is 10.2 Å². The lowest BCUT2D eigenvalue weighted by molar-refractivity contribution is -0.153. The van der Waals surface area contributed by atoms with Gasteiger partial charge in [-0.2, -0.15) is 0 Å². The summed E-state index contributed by atoms with van der Waals surface area (Å²) in [5.74, 6) is -2.00. The zero-order chi connectivity index (χ0) is 22.7. The summed E-state index contributed by atoms with van der Waals surface area (Å²) in [6, 6.07) is 12.9. The molecule has 2 atom stereocenters. The number of para-hydroxylation sites is 1. The Hall–Kier alpha value is -3.13. The average Bonchev–Trinajstić information content (AvgIpc) is 2.79. The summed E-state index contributed by atoms with van der Waals surface area (Å²) in [6.45, 7) is 4.10. The summed E-state index contributed by atoms with van der Waals surface area (Å²) in [7, 11) is 0. The number of aliphatic imine (C=N–C) groups is 1. The summed E-state index contributed by atoms with van der Waals surface area (Å²) >= 11 is 6.01. The Kier molecular flexibility index (Phi) is 6.60. The van der Waals surface area contributed by atoms with E-state index in [4.69, 9.17) is 21.3 Å². The summed E-state index contributed by atoms with van der Waals surface area (Å²) in [6.07, 6.45) is 0. The Morgan fingerprint density at radius 3 is 2.44 bits per heavy atom. The molecule has 0 unspecified atom stereocenters. The van der Waals surface area contributed by atoms with Gasteiger partial charge in [0.05, 0.1) is 12.3 Å². The number of esters is 1. The standard InChI is InChI=1S/C23H24ClFN4O3/c1-2-32-22(31)19-20(15-7-9-16(24)10-8-15)26-23(27-21(19)30)29-13-11-28(12-14-29)18-6-4-3-5-17(18)25/h3-10,19-20H,2,11-14H2,1H3,(H,26,27,30)/t19-,20+/m1/s1. The first kappa shape index (κ1) is 22.1. The molecular formula is C23H24ClFN4O3. The quantitative estimate of drug-likeness (QED) is 0.563. The molecule has 0 radical (unpaired) electrons. The number of halogens is 2. The van der Waals surface area contributed by atoms with Crippen LogP contribution in [-0.2, 0) is 14.3 Å². The van der Waals surface area contributed by atoms with Crippen molar-refractivity contribution < 1.29 is 18.7 Å². The number of carbonyl (C=O) groups excluding carboxylic acids is 2. The van der Waals surface area contributed by atoms with Gasteiger partial charge in [-0.05, 0) is 36.8 Å². The SMILES string of the molecule is CCOC(=O)[C@H]1C(=O)NC(N2CCN(c3ccccc3F)CC2)=N[C@H]1c1ccc(Cl)cc1. The largest absolute Gasteiger partial charge is 0.465 e. The summed E-state index contributed by atoms with van der Waals surface area (Å²) in [5.41, 5.74) is 1.26. The minimum atomic E-state index is -1.08. The van der Waals surface area contributed by atoms with Gasteiger partial charge in [0.1, 0.15) is 11.9 Å². The molecule has 0 aliphatic carbocycles. The fourth-order valence-corrected chi connectivity index (χ4v) is 4.12. The van der Waals surface area contributed by atoms with E-state index >= 15 is 0 Å². The van der Waals surface area contributed by atoms with Crippen LogP contribution in [0, 0.1) is 11.7 Å². The molecule has 2 aromatic rings. The van der Waals surface area contributed by atoms with Crippen molar-refractivity contribution in [2.24, 2.45) is 10.9 Å². The van der Waals surface area contributed by atoms with Crippen LogP contribution in [-0.4, -0.2) is 55.5 Å². The van der Waals surface area contributed by atoms with Gasteiger partial charge in [0.25, 0.3) is 0 Å². The number of amides is 1. The van der Waals surface area contributed by atoms with Crippen molar-refractivity contribution in [3.05, 3.63) is 64.9 Å². The normalized spacial score (nSPS) is 21.1. The van der Waals surface area contributed by atoms with Crippen LogP contribution >= 0.6 is 11.6 Å². The van der Waals surface area contributed by atoms with Crippen molar-refractivity contribution in [3.8, 4) is 0 Å². The van der Waals surface area contributed by atoms with Crippen LogP contribution in [0.5, 0.6) is 0 Å². The molecule has 1 fully saturated rings. The molecule has 32 heavy (non-hydrogen) atoms. The van der Waals surface area contributed by atoms with Crippen molar-refractivity contribution in [1.29, 1.82) is 0 Å². The van der Waals surface area contributed by atoms with E-state index in [2.05, 4.69) is 5.32 Å². The van der Waals surface area contributed by atoms with Crippen LogP contribution in [0.25, 0.3) is 0 Å². The molecule has 2 aliphatic rings. The molecule has 1 N–H and O–H groups in total. The van der Waals surface area contributed by atoms with Crippen molar-refractivity contribution in [2.45, 2.75) is 13.0 Å². The van der Waals surface area contributed by atoms with E-state index in [-0.39, 0.29) is 12.4 Å². The Morgan fingerprint density at radius 1 is 1.12 bits per heavy atom. The highest BCUT2D eigenvalue weighted by molar-refractivity contribution is 6.30. The maximum absolute atomic E-state index is 14.1. The number of hydrogen-bond donors (Lipinski definition) is 1. The van der Waals surface area contributed by atoms with E-state index in [1.54, 1.807) is 43.3 Å². The number of guanidine groups is 1. The van der Waals surface area contributed by atoms with Crippen LogP contribution in [0.3, 0.4) is 0 Å². The van der Waals surface area contributed by atoms with Crippen molar-refractivity contribution in [2.75, 3.05) is 37.7 Å². The molecule has 2 aliphatic heterocycles. The van der Waals surface area contributed by atoms with E-state index in [1.807, 2.05) is 15.9 Å². The van der Waals surface area contributed by atoms with Gasteiger partial charge in [0.2, 0.25) is 11.9 Å². The van der Waals surface area contributed by atoms with Gasteiger partial charge in [0, 0.05) is 31.2 Å². The average molecular weight is 459 g/mol. The Labute approximate surface area is 190 Å². The van der Waals surface area contributed by atoms with Gasteiger partial charge < -0.3 is 14.5 Å². The zero-order valence-electron chi connectivity index (χ0n) is 17.6. The van der Waals surface area contributed by atoms with Crippen LogP contribution in [0.4, 0.5) is 10.1 Å². The number of nitrogens with zero attached hydrogens (tertiary/aromatic N) is 3. The number of piperazine rings is 1. The molecule has 1 saturated heterocycles. The predicted octanol–water partition coefficient (Wildman–Crippen LogP) is 3.01. The monoisotopic (exact) mass is 458 g/mol. The third-order valence-electron chi connectivity index (χ3n) is 5.62. The maximum atomic E-state index is 14.1. The molecule has 0 aromatic heterocycles. The molecule has 0 saturated carbocycles. The number of benzene rings is 2. The molecule has 168 valence electrons. The highest BCUT2D eigenvalue weighted by atomic mass is 35.5. The van der Waals surface area contributed by atoms with Gasteiger partial charge in [0.15, 0.2) is 5.92 Å². The second kappa shape index (κ2) is 9.56. The molecule has 4 rings (SSSR count). The molecular weight excluding hydrogens is 435 g/mol. The first-order valence-corrected chi connectivity index (χ1v) is 10.9. The fourth-order valence-electron chi connectivity index (χ4n) is 3.99. The molecule has 2 heterocycles. The molecule has 0 spiro atoms. The Bertz CT molecular complexity index is 1020. The number of rotatable bonds is 4. The molecule has 9 heteroatoms. The molecule has 0 bridgehead atoms. The summed E-state index contributed by atoms with van der Waals surface area (Å²) in [4.78, 5) is 34.1. The zero-order valence-corrected chi connectivity index (χ0v) is 18.4. The lowest BCUT2D eigenvalue weighted by Crippen LogP contribution is -2.57. The van der Waals surface area contributed by atoms with Crippen molar-refractivity contribution >= 4 is 35.1 Å². The fraction of sp³-hybridized carbons (Fsp3) is 0.348. The van der Waals surface area contributed by atoms with Crippen LogP contribution in [0.15, 0.2) is 53.5 Å². The predicted molar refractivity (Wildman–Crippen MR) is 120 cm³/mol. The number of anilines is 1. The third kappa shape index (κ3) is 4.55. The summed E-state index contributed by atoms with van der Waals surface area (Å²) < 4.78 is 19.3. The topological polar surface area (TPSA) is 74.2 Å². The summed E-state index contributed by atoms with van der Waals surface area (Å²) in [5, 5.41) is 3.32. The maximum Gasteiger partial charge on any atom is 0.321 e. The van der Waals surface area contributed by atoms with E-state index in [1.165, 1.54) is 6.07 Å². The molecule has 2 aromatic carbocycles. The Balaban J connectivity index is 1.56. The van der Waals surface area contributed by atoms with Gasteiger partial charge >= 0.3 is 5.97 Å². The lowest BCUT2D eigenvalue weighted by Gasteiger charge is -2.39. The number of carbonyl (C=O) groups is 2. The van der Waals surface area contributed by atoms with Crippen molar-refractivity contribution in [1.82, 2.24) is 10.2 Å². The molecule has 7 nitrogen and oxygen atoms in total. The van der Waals surface area contributed by atoms with E-state index < -0.39 is 23.8 Å². The first-order valence-electron chi connectivity index (χ1n) is 10.5. The third-order valence-corrected chi connectivity index (χ3v) is 5.87. The van der Waals surface area contributed by atoms with Gasteiger partial charge in [-0.3, -0.25) is 14.9 Å². The highest BCUT2D eigenvalue weighted by Gasteiger charge is 2.42. The highest BCUT2D eigenvalue weighted by Crippen LogP contribution is 2.32. The molecule has 1 amide bonds. The minimum absolute atomic E-state index is 0.171. The second-order valence-corrected chi connectivity index (χ2v) is 8.03. The van der Waals surface area contributed by atoms with E-state index in [0.717, 1.165) is 0 Å². The Morgan fingerprint density at radius 2 is 1.78 bits per heavy atom. The van der Waals surface area contributed by atoms with E-state index in [9.17, 15) is 14.0 Å². The second-order valence-electron chi connectivity index (χ2n) is 7.59. The number of hydrogen-bond acceptors (Lipinski definition) is 6. The first-order chi connectivity index (χ1) is 15.5. The van der Waals surface area contributed by atoms with E-state index in [0.29, 0.717) is 48.4 Å². The van der Waals surface area contributed by atoms with Crippen LogP contribution in [0.2, 0.25) is 5.02 Å². The number of ether oxygens (including phenoxy) is 1. The van der Waals surface area contributed by atoms with Crippen molar-refractivity contribution in [3.63, 3.8) is 0 Å². The van der Waals surface area contributed by atoms with Gasteiger partial charge in [-0.15, -0.1) is 0 Å².